The Morgan fingerprint density at radius 3 is 2.50 bits per heavy atom. The largest absolute Gasteiger partial charge is 0.467 e. The quantitative estimate of drug-likeness (QED) is 0.649. The fraction of sp³-hybridized carbons (Fsp3) is 0.238. The standard InChI is InChI=1S/C21H23N3O2/c1-15-7-9-18(10-8-15)24(14-19-6-5-13-26-19)21(25)12-11-20-16(2)22-23(4)17(20)3/h5-13H,14H2,1-4H3/b12-11+. The van der Waals surface area contributed by atoms with E-state index in [4.69, 9.17) is 4.42 Å². The third kappa shape index (κ3) is 3.77. The molecule has 0 atom stereocenters. The third-order valence-electron chi connectivity index (χ3n) is 4.46. The molecular weight excluding hydrogens is 326 g/mol. The van der Waals surface area contributed by atoms with Gasteiger partial charge in [0.1, 0.15) is 5.76 Å². The maximum Gasteiger partial charge on any atom is 0.251 e. The molecule has 2 aromatic heterocycles. The van der Waals surface area contributed by atoms with Gasteiger partial charge in [-0.05, 0) is 51.1 Å². The Morgan fingerprint density at radius 2 is 1.92 bits per heavy atom. The highest BCUT2D eigenvalue weighted by atomic mass is 16.3. The number of hydrogen-bond acceptors (Lipinski definition) is 3. The topological polar surface area (TPSA) is 51.3 Å². The van der Waals surface area contributed by atoms with E-state index in [0.717, 1.165) is 34.0 Å². The van der Waals surface area contributed by atoms with Gasteiger partial charge in [-0.25, -0.2) is 0 Å². The zero-order valence-electron chi connectivity index (χ0n) is 15.6. The summed E-state index contributed by atoms with van der Waals surface area (Å²) in [6, 6.07) is 11.6. The number of hydrogen-bond donors (Lipinski definition) is 0. The fourth-order valence-electron chi connectivity index (χ4n) is 2.86. The molecule has 26 heavy (non-hydrogen) atoms. The molecule has 2 heterocycles. The van der Waals surface area contributed by atoms with Crippen LogP contribution in [-0.4, -0.2) is 15.7 Å². The van der Waals surface area contributed by atoms with Crippen molar-refractivity contribution in [2.75, 3.05) is 4.90 Å². The lowest BCUT2D eigenvalue weighted by molar-refractivity contribution is -0.114. The Bertz CT molecular complexity index is 919. The Hall–Kier alpha value is -3.08. The first kappa shape index (κ1) is 17.7. The second-order valence-electron chi connectivity index (χ2n) is 6.38. The minimum Gasteiger partial charge on any atom is -0.467 e. The van der Waals surface area contributed by atoms with Crippen molar-refractivity contribution < 1.29 is 9.21 Å². The van der Waals surface area contributed by atoms with Gasteiger partial charge in [0, 0.05) is 30.1 Å². The predicted molar refractivity (Wildman–Crippen MR) is 103 cm³/mol. The van der Waals surface area contributed by atoms with Gasteiger partial charge >= 0.3 is 0 Å². The molecule has 1 aromatic carbocycles. The van der Waals surface area contributed by atoms with Crippen molar-refractivity contribution in [2.24, 2.45) is 7.05 Å². The van der Waals surface area contributed by atoms with Crippen molar-refractivity contribution in [1.82, 2.24) is 9.78 Å². The molecule has 0 spiro atoms. The summed E-state index contributed by atoms with van der Waals surface area (Å²) in [6.45, 7) is 6.34. The first-order valence-corrected chi connectivity index (χ1v) is 8.54. The van der Waals surface area contributed by atoms with Crippen molar-refractivity contribution in [3.63, 3.8) is 0 Å². The Balaban J connectivity index is 1.89. The summed E-state index contributed by atoms with van der Waals surface area (Å²) in [4.78, 5) is 14.6. The van der Waals surface area contributed by atoms with Gasteiger partial charge < -0.3 is 9.32 Å². The zero-order chi connectivity index (χ0) is 18.7. The molecule has 1 amide bonds. The summed E-state index contributed by atoms with van der Waals surface area (Å²) in [5, 5.41) is 4.39. The van der Waals surface area contributed by atoms with E-state index in [2.05, 4.69) is 5.10 Å². The van der Waals surface area contributed by atoms with Crippen molar-refractivity contribution in [2.45, 2.75) is 27.3 Å². The van der Waals surface area contributed by atoms with Crippen molar-refractivity contribution in [3.8, 4) is 0 Å². The highest BCUT2D eigenvalue weighted by molar-refractivity contribution is 6.03. The van der Waals surface area contributed by atoms with Crippen LogP contribution in [0, 0.1) is 20.8 Å². The number of benzene rings is 1. The van der Waals surface area contributed by atoms with Crippen LogP contribution in [0.2, 0.25) is 0 Å². The highest BCUT2D eigenvalue weighted by Crippen LogP contribution is 2.20. The number of amides is 1. The van der Waals surface area contributed by atoms with Gasteiger partial charge in [0.15, 0.2) is 0 Å². The van der Waals surface area contributed by atoms with Crippen LogP contribution in [0.15, 0.2) is 53.2 Å². The Labute approximate surface area is 153 Å². The molecule has 3 aromatic rings. The second kappa shape index (κ2) is 7.44. The molecular formula is C21H23N3O2. The molecule has 0 aliphatic carbocycles. The Kier molecular flexibility index (Phi) is 5.07. The van der Waals surface area contributed by atoms with Crippen LogP contribution in [0.25, 0.3) is 6.08 Å². The zero-order valence-corrected chi connectivity index (χ0v) is 15.6. The smallest absolute Gasteiger partial charge is 0.251 e. The van der Waals surface area contributed by atoms with E-state index in [1.54, 1.807) is 17.2 Å². The van der Waals surface area contributed by atoms with Gasteiger partial charge in [0.2, 0.25) is 0 Å². The minimum atomic E-state index is -0.104. The van der Waals surface area contributed by atoms with Crippen LogP contribution in [-0.2, 0) is 18.4 Å². The summed E-state index contributed by atoms with van der Waals surface area (Å²) in [5.41, 5.74) is 4.89. The average molecular weight is 349 g/mol. The molecule has 0 bridgehead atoms. The van der Waals surface area contributed by atoms with Crippen LogP contribution in [0.4, 0.5) is 5.69 Å². The van der Waals surface area contributed by atoms with Crippen LogP contribution < -0.4 is 4.90 Å². The van der Waals surface area contributed by atoms with Gasteiger partial charge in [-0.2, -0.15) is 5.10 Å². The van der Waals surface area contributed by atoms with E-state index < -0.39 is 0 Å². The summed E-state index contributed by atoms with van der Waals surface area (Å²) < 4.78 is 7.25. The van der Waals surface area contributed by atoms with Crippen LogP contribution in [0.1, 0.15) is 28.3 Å². The van der Waals surface area contributed by atoms with Gasteiger partial charge in [0.25, 0.3) is 5.91 Å². The number of nitrogens with zero attached hydrogens (tertiary/aromatic N) is 3. The first-order chi connectivity index (χ1) is 12.5. The SMILES string of the molecule is Cc1ccc(N(Cc2ccco2)C(=O)/C=C/c2c(C)nn(C)c2C)cc1. The molecule has 0 saturated carbocycles. The maximum absolute atomic E-state index is 12.9. The summed E-state index contributed by atoms with van der Waals surface area (Å²) in [7, 11) is 1.90. The molecule has 5 nitrogen and oxygen atoms in total. The number of aromatic nitrogens is 2. The average Bonchev–Trinajstić information content (AvgIpc) is 3.21. The van der Waals surface area contributed by atoms with E-state index in [-0.39, 0.29) is 5.91 Å². The van der Waals surface area contributed by atoms with Gasteiger partial charge in [-0.3, -0.25) is 9.48 Å². The van der Waals surface area contributed by atoms with Crippen molar-refractivity contribution >= 4 is 17.7 Å². The molecule has 0 fully saturated rings. The summed E-state index contributed by atoms with van der Waals surface area (Å²) in [6.07, 6.45) is 5.05. The highest BCUT2D eigenvalue weighted by Gasteiger charge is 2.16. The number of aryl methyl sites for hydroxylation is 3. The third-order valence-corrected chi connectivity index (χ3v) is 4.46. The fourth-order valence-corrected chi connectivity index (χ4v) is 2.86. The number of anilines is 1. The summed E-state index contributed by atoms with van der Waals surface area (Å²) in [5.74, 6) is 0.633. The molecule has 0 N–H and O–H groups in total. The number of carbonyl (C=O) groups is 1. The number of rotatable bonds is 5. The van der Waals surface area contributed by atoms with Crippen LogP contribution >= 0.6 is 0 Å². The van der Waals surface area contributed by atoms with Gasteiger partial charge in [-0.1, -0.05) is 17.7 Å². The lowest BCUT2D eigenvalue weighted by Crippen LogP contribution is -2.28. The van der Waals surface area contributed by atoms with E-state index in [1.165, 1.54) is 0 Å². The van der Waals surface area contributed by atoms with E-state index in [0.29, 0.717) is 6.54 Å². The van der Waals surface area contributed by atoms with Crippen molar-refractivity contribution in [1.29, 1.82) is 0 Å². The predicted octanol–water partition coefficient (Wildman–Crippen LogP) is 4.18. The molecule has 3 rings (SSSR count). The van der Waals surface area contributed by atoms with Crippen LogP contribution in [0.3, 0.4) is 0 Å². The Morgan fingerprint density at radius 1 is 1.19 bits per heavy atom. The minimum absolute atomic E-state index is 0.104. The van der Waals surface area contributed by atoms with E-state index in [9.17, 15) is 4.79 Å². The van der Waals surface area contributed by atoms with E-state index >= 15 is 0 Å². The molecule has 0 aliphatic rings. The summed E-state index contributed by atoms with van der Waals surface area (Å²) >= 11 is 0. The molecule has 0 aliphatic heterocycles. The first-order valence-electron chi connectivity index (χ1n) is 8.54. The monoisotopic (exact) mass is 349 g/mol. The van der Waals surface area contributed by atoms with Crippen molar-refractivity contribution in [3.05, 3.63) is 77.0 Å². The molecule has 0 saturated heterocycles. The van der Waals surface area contributed by atoms with Crippen LogP contribution in [0.5, 0.6) is 0 Å². The second-order valence-corrected chi connectivity index (χ2v) is 6.38. The number of furan rings is 1. The van der Waals surface area contributed by atoms with Gasteiger partial charge in [-0.15, -0.1) is 0 Å². The molecule has 134 valence electrons. The lowest BCUT2D eigenvalue weighted by Gasteiger charge is -2.20. The van der Waals surface area contributed by atoms with Gasteiger partial charge in [0.05, 0.1) is 18.5 Å². The molecule has 0 unspecified atom stereocenters. The van der Waals surface area contributed by atoms with E-state index in [1.807, 2.05) is 75.0 Å². The maximum atomic E-state index is 12.9. The number of carbonyl (C=O) groups excluding carboxylic acids is 1. The molecule has 0 radical (unpaired) electrons. The lowest BCUT2D eigenvalue weighted by atomic mass is 10.1. The normalized spacial score (nSPS) is 11.2. The molecule has 5 heteroatoms.